The molecule has 0 aromatic carbocycles. The van der Waals surface area contributed by atoms with Crippen molar-refractivity contribution in [3.63, 3.8) is 0 Å². The minimum Gasteiger partial charge on any atom is -0.436 e. The summed E-state index contributed by atoms with van der Waals surface area (Å²) in [5, 5.41) is 2.29. The number of hydrogen-bond acceptors (Lipinski definition) is 4. The smallest absolute Gasteiger partial charge is 0.436 e. The minimum atomic E-state index is -4.78. The van der Waals surface area contributed by atoms with E-state index in [-0.39, 0.29) is 11.6 Å². The van der Waals surface area contributed by atoms with E-state index in [0.29, 0.717) is 0 Å². The molecule has 0 aliphatic heterocycles. The second-order valence-electron chi connectivity index (χ2n) is 4.05. The molecule has 0 saturated carbocycles. The van der Waals surface area contributed by atoms with E-state index in [9.17, 15) is 18.0 Å². The van der Waals surface area contributed by atoms with E-state index < -0.39 is 23.5 Å². The molecule has 20 heavy (non-hydrogen) atoms. The van der Waals surface area contributed by atoms with Crippen molar-refractivity contribution in [3.05, 3.63) is 41.4 Å². The molecule has 5 nitrogen and oxygen atoms in total. The Bertz CT molecular complexity index is 632. The van der Waals surface area contributed by atoms with E-state index in [0.717, 1.165) is 5.69 Å². The van der Waals surface area contributed by atoms with Gasteiger partial charge in [0.1, 0.15) is 0 Å². The predicted molar refractivity (Wildman–Crippen MR) is 63.2 cm³/mol. The van der Waals surface area contributed by atoms with E-state index in [1.165, 1.54) is 19.2 Å². The van der Waals surface area contributed by atoms with Crippen LogP contribution in [-0.4, -0.2) is 15.9 Å². The van der Waals surface area contributed by atoms with Crippen LogP contribution in [0.25, 0.3) is 0 Å². The molecule has 2 heterocycles. The summed E-state index contributed by atoms with van der Waals surface area (Å²) >= 11 is 0. The Balaban J connectivity index is 2.28. The summed E-state index contributed by atoms with van der Waals surface area (Å²) in [6.07, 6.45) is -3.44. The fourth-order valence-electron chi connectivity index (χ4n) is 1.51. The molecule has 0 spiro atoms. The zero-order chi connectivity index (χ0) is 14.9. The molecule has 2 aromatic rings. The van der Waals surface area contributed by atoms with Gasteiger partial charge in [0.25, 0.3) is 5.91 Å². The maximum atomic E-state index is 12.7. The number of nitrogens with one attached hydrogen (secondary N) is 1. The number of carbonyl (C=O) groups is 1. The monoisotopic (exact) mass is 285 g/mol. The first-order chi connectivity index (χ1) is 9.27. The lowest BCUT2D eigenvalue weighted by Gasteiger charge is -2.06. The van der Waals surface area contributed by atoms with Crippen LogP contribution in [-0.2, 0) is 6.18 Å². The maximum Gasteiger partial charge on any atom is 0.452 e. The molecular formula is C12H10F3N3O2. The molecule has 0 saturated heterocycles. The molecule has 0 bridgehead atoms. The van der Waals surface area contributed by atoms with Gasteiger partial charge in [-0.2, -0.15) is 13.2 Å². The molecule has 8 heteroatoms. The van der Waals surface area contributed by atoms with Crippen LogP contribution in [0.3, 0.4) is 0 Å². The number of nitrogens with zero attached hydrogens (tertiary/aromatic N) is 2. The molecule has 106 valence electrons. The van der Waals surface area contributed by atoms with Crippen LogP contribution in [0.1, 0.15) is 27.8 Å². The quantitative estimate of drug-likeness (QED) is 0.921. The third kappa shape index (κ3) is 2.95. The number of carbonyl (C=O) groups excluding carboxylic acids is 1. The molecule has 0 radical (unpaired) electrons. The molecule has 0 aliphatic rings. The number of rotatable bonds is 2. The highest BCUT2D eigenvalue weighted by atomic mass is 19.4. The van der Waals surface area contributed by atoms with Crippen LogP contribution in [0.4, 0.5) is 18.9 Å². The lowest BCUT2D eigenvalue weighted by molar-refractivity contribution is -0.153. The third-order valence-electron chi connectivity index (χ3n) is 2.38. The van der Waals surface area contributed by atoms with Gasteiger partial charge in [0.2, 0.25) is 5.76 Å². The van der Waals surface area contributed by atoms with Crippen molar-refractivity contribution in [2.45, 2.75) is 20.0 Å². The van der Waals surface area contributed by atoms with Crippen molar-refractivity contribution in [2.75, 3.05) is 5.32 Å². The average Bonchev–Trinajstić information content (AvgIpc) is 2.74. The number of anilines is 1. The average molecular weight is 285 g/mol. The fraction of sp³-hybridized carbons (Fsp3) is 0.250. The largest absolute Gasteiger partial charge is 0.452 e. The topological polar surface area (TPSA) is 68.0 Å². The molecule has 1 N–H and O–H groups in total. The molecule has 0 aliphatic carbocycles. The first-order valence-corrected chi connectivity index (χ1v) is 5.56. The number of oxazole rings is 1. The van der Waals surface area contributed by atoms with Crippen LogP contribution < -0.4 is 5.32 Å². The number of aryl methyl sites for hydroxylation is 2. The highest BCUT2D eigenvalue weighted by Gasteiger charge is 2.41. The molecule has 1 amide bonds. The third-order valence-corrected chi connectivity index (χ3v) is 2.38. The second kappa shape index (κ2) is 4.95. The summed E-state index contributed by atoms with van der Waals surface area (Å²) < 4.78 is 42.5. The SMILES string of the molecule is Cc1ccc(NC(=O)c2nc(C)oc2C(F)(F)F)cn1. The molecule has 2 rings (SSSR count). The fourth-order valence-corrected chi connectivity index (χ4v) is 1.51. The van der Waals surface area contributed by atoms with Gasteiger partial charge in [-0.15, -0.1) is 0 Å². The summed E-state index contributed by atoms with van der Waals surface area (Å²) in [7, 11) is 0. The van der Waals surface area contributed by atoms with Gasteiger partial charge in [-0.1, -0.05) is 0 Å². The first kappa shape index (κ1) is 14.0. The summed E-state index contributed by atoms with van der Waals surface area (Å²) in [4.78, 5) is 19.2. The Kier molecular flexibility index (Phi) is 3.47. The number of hydrogen-bond donors (Lipinski definition) is 1. The number of amides is 1. The lowest BCUT2D eigenvalue weighted by Crippen LogP contribution is -2.18. The van der Waals surface area contributed by atoms with Crippen LogP contribution in [0.5, 0.6) is 0 Å². The van der Waals surface area contributed by atoms with E-state index in [1.807, 2.05) is 0 Å². The highest BCUT2D eigenvalue weighted by molar-refractivity contribution is 6.03. The van der Waals surface area contributed by atoms with Gasteiger partial charge >= 0.3 is 6.18 Å². The highest BCUT2D eigenvalue weighted by Crippen LogP contribution is 2.32. The van der Waals surface area contributed by atoms with E-state index in [1.54, 1.807) is 13.0 Å². The number of halogens is 3. The van der Waals surface area contributed by atoms with Gasteiger partial charge in [-0.25, -0.2) is 4.98 Å². The van der Waals surface area contributed by atoms with Gasteiger partial charge in [-0.05, 0) is 19.1 Å². The Morgan fingerprint density at radius 1 is 1.30 bits per heavy atom. The Labute approximate surface area is 111 Å². The normalized spacial score (nSPS) is 11.4. The van der Waals surface area contributed by atoms with Gasteiger partial charge < -0.3 is 9.73 Å². The number of pyridine rings is 1. The summed E-state index contributed by atoms with van der Waals surface area (Å²) in [6.45, 7) is 2.98. The number of aromatic nitrogens is 2. The molecule has 0 unspecified atom stereocenters. The van der Waals surface area contributed by atoms with Crippen molar-refractivity contribution in [1.82, 2.24) is 9.97 Å². The van der Waals surface area contributed by atoms with E-state index in [2.05, 4.69) is 19.7 Å². The zero-order valence-corrected chi connectivity index (χ0v) is 10.6. The van der Waals surface area contributed by atoms with Crippen LogP contribution in [0.2, 0.25) is 0 Å². The first-order valence-electron chi connectivity index (χ1n) is 5.56. The predicted octanol–water partition coefficient (Wildman–Crippen LogP) is 2.96. The maximum absolute atomic E-state index is 12.7. The van der Waals surface area contributed by atoms with Crippen LogP contribution in [0.15, 0.2) is 22.7 Å². The van der Waals surface area contributed by atoms with Crippen molar-refractivity contribution in [2.24, 2.45) is 0 Å². The van der Waals surface area contributed by atoms with Crippen molar-refractivity contribution >= 4 is 11.6 Å². The van der Waals surface area contributed by atoms with Crippen molar-refractivity contribution < 1.29 is 22.4 Å². The Hall–Kier alpha value is -2.38. The van der Waals surface area contributed by atoms with E-state index >= 15 is 0 Å². The Morgan fingerprint density at radius 2 is 2.00 bits per heavy atom. The minimum absolute atomic E-state index is 0.232. The van der Waals surface area contributed by atoms with Gasteiger partial charge in [-0.3, -0.25) is 9.78 Å². The van der Waals surface area contributed by atoms with Gasteiger partial charge in [0.15, 0.2) is 11.6 Å². The van der Waals surface area contributed by atoms with Gasteiger partial charge in [0, 0.05) is 12.6 Å². The number of alkyl halides is 3. The lowest BCUT2D eigenvalue weighted by atomic mass is 10.3. The zero-order valence-electron chi connectivity index (χ0n) is 10.6. The van der Waals surface area contributed by atoms with Crippen LogP contribution in [0, 0.1) is 13.8 Å². The summed E-state index contributed by atoms with van der Waals surface area (Å²) in [5.74, 6) is -2.64. The van der Waals surface area contributed by atoms with Crippen molar-refractivity contribution in [1.29, 1.82) is 0 Å². The Morgan fingerprint density at radius 3 is 2.55 bits per heavy atom. The van der Waals surface area contributed by atoms with E-state index in [4.69, 9.17) is 0 Å². The molecule has 0 fully saturated rings. The summed E-state index contributed by atoms with van der Waals surface area (Å²) in [5.41, 5.74) is 0.196. The molecular weight excluding hydrogens is 275 g/mol. The molecule has 0 atom stereocenters. The molecule has 2 aromatic heterocycles. The van der Waals surface area contributed by atoms with Gasteiger partial charge in [0.05, 0.1) is 11.9 Å². The second-order valence-corrected chi connectivity index (χ2v) is 4.05. The van der Waals surface area contributed by atoms with Crippen LogP contribution >= 0.6 is 0 Å². The standard InChI is InChI=1S/C12H10F3N3O2/c1-6-3-4-8(5-16-6)18-11(19)9-10(12(13,14)15)20-7(2)17-9/h3-5H,1-2H3,(H,18,19). The van der Waals surface area contributed by atoms with Crippen molar-refractivity contribution in [3.8, 4) is 0 Å². The summed E-state index contributed by atoms with van der Waals surface area (Å²) in [6, 6.07) is 3.15.